The minimum atomic E-state index is -3.57. The van der Waals surface area contributed by atoms with Gasteiger partial charge >= 0.3 is 0 Å². The number of carbonyl (C=O) groups excluding carboxylic acids is 1. The molecule has 0 unspecified atom stereocenters. The van der Waals surface area contributed by atoms with Gasteiger partial charge in [-0.1, -0.05) is 66.0 Å². The average Bonchev–Trinajstić information content (AvgIpc) is 2.75. The van der Waals surface area contributed by atoms with E-state index in [4.69, 9.17) is 23.2 Å². The SMILES string of the molecule is CC[C@H](NC(=O)[C@H]1CCCN(S(=O)(=O)Cc2ccc(Cl)c(Cl)c2)C1)c1ccc(C)cc1. The highest BCUT2D eigenvalue weighted by Crippen LogP contribution is 2.27. The molecule has 1 heterocycles. The van der Waals surface area contributed by atoms with Gasteiger partial charge in [-0.15, -0.1) is 0 Å². The van der Waals surface area contributed by atoms with Crippen LogP contribution < -0.4 is 5.32 Å². The van der Waals surface area contributed by atoms with Crippen molar-refractivity contribution in [1.29, 1.82) is 0 Å². The summed E-state index contributed by atoms with van der Waals surface area (Å²) in [6, 6.07) is 12.9. The molecule has 1 aliphatic rings. The lowest BCUT2D eigenvalue weighted by molar-refractivity contribution is -0.126. The van der Waals surface area contributed by atoms with E-state index in [2.05, 4.69) is 5.32 Å². The fourth-order valence-corrected chi connectivity index (χ4v) is 5.77. The van der Waals surface area contributed by atoms with Gasteiger partial charge in [-0.2, -0.15) is 0 Å². The van der Waals surface area contributed by atoms with Crippen LogP contribution in [0.2, 0.25) is 10.0 Å². The molecule has 0 bridgehead atoms. The van der Waals surface area contributed by atoms with E-state index in [1.54, 1.807) is 18.2 Å². The van der Waals surface area contributed by atoms with Crippen molar-refractivity contribution in [3.8, 4) is 0 Å². The van der Waals surface area contributed by atoms with E-state index in [0.29, 0.717) is 35.0 Å². The monoisotopic (exact) mass is 482 g/mol. The van der Waals surface area contributed by atoms with E-state index in [-0.39, 0.29) is 30.2 Å². The van der Waals surface area contributed by atoms with Crippen molar-refractivity contribution < 1.29 is 13.2 Å². The van der Waals surface area contributed by atoms with Crippen LogP contribution in [0.4, 0.5) is 0 Å². The first-order valence-corrected chi connectivity index (χ1v) is 12.8. The molecule has 5 nitrogen and oxygen atoms in total. The smallest absolute Gasteiger partial charge is 0.224 e. The van der Waals surface area contributed by atoms with Crippen molar-refractivity contribution in [3.05, 3.63) is 69.2 Å². The van der Waals surface area contributed by atoms with E-state index < -0.39 is 10.0 Å². The number of sulfonamides is 1. The van der Waals surface area contributed by atoms with E-state index in [0.717, 1.165) is 12.0 Å². The fourth-order valence-electron chi connectivity index (χ4n) is 3.85. The predicted molar refractivity (Wildman–Crippen MR) is 126 cm³/mol. The third-order valence-electron chi connectivity index (χ3n) is 5.69. The summed E-state index contributed by atoms with van der Waals surface area (Å²) < 4.78 is 27.4. The van der Waals surface area contributed by atoms with Gasteiger partial charge in [0.2, 0.25) is 15.9 Å². The zero-order valence-corrected chi connectivity index (χ0v) is 20.1. The van der Waals surface area contributed by atoms with Crippen LogP contribution in [0.5, 0.6) is 0 Å². The number of amides is 1. The molecule has 0 saturated carbocycles. The third-order valence-corrected chi connectivity index (χ3v) is 8.24. The Kier molecular flexibility index (Phi) is 8.03. The number of hydrogen-bond acceptors (Lipinski definition) is 3. The summed E-state index contributed by atoms with van der Waals surface area (Å²) in [4.78, 5) is 13.0. The van der Waals surface area contributed by atoms with Crippen molar-refractivity contribution in [2.45, 2.75) is 44.9 Å². The Bertz CT molecular complexity index is 1030. The highest BCUT2D eigenvalue weighted by Gasteiger charge is 2.33. The second kappa shape index (κ2) is 10.3. The van der Waals surface area contributed by atoms with E-state index in [9.17, 15) is 13.2 Å². The summed E-state index contributed by atoms with van der Waals surface area (Å²) in [5.41, 5.74) is 2.80. The van der Waals surface area contributed by atoms with Gasteiger partial charge in [-0.25, -0.2) is 12.7 Å². The minimum absolute atomic E-state index is 0.0868. The highest BCUT2D eigenvalue weighted by atomic mass is 35.5. The Morgan fingerprint density at radius 1 is 1.16 bits per heavy atom. The fraction of sp³-hybridized carbons (Fsp3) is 0.435. The molecule has 31 heavy (non-hydrogen) atoms. The summed E-state index contributed by atoms with van der Waals surface area (Å²) in [6.07, 6.45) is 2.09. The first-order valence-electron chi connectivity index (χ1n) is 10.5. The molecule has 0 spiro atoms. The van der Waals surface area contributed by atoms with Crippen LogP contribution in [0.25, 0.3) is 0 Å². The molecule has 1 aliphatic heterocycles. The van der Waals surface area contributed by atoms with Crippen molar-refractivity contribution in [2.24, 2.45) is 5.92 Å². The van der Waals surface area contributed by atoms with Gasteiger partial charge < -0.3 is 5.32 Å². The zero-order chi connectivity index (χ0) is 22.6. The molecule has 8 heteroatoms. The summed E-state index contributed by atoms with van der Waals surface area (Å²) >= 11 is 11.9. The number of carbonyl (C=O) groups is 1. The third kappa shape index (κ3) is 6.22. The quantitative estimate of drug-likeness (QED) is 0.595. The van der Waals surface area contributed by atoms with Crippen LogP contribution in [0.1, 0.15) is 48.9 Å². The Labute approximate surface area is 194 Å². The molecule has 1 amide bonds. The molecular formula is C23H28Cl2N2O3S. The van der Waals surface area contributed by atoms with Crippen molar-refractivity contribution in [3.63, 3.8) is 0 Å². The van der Waals surface area contributed by atoms with Gasteiger partial charge in [-0.3, -0.25) is 4.79 Å². The van der Waals surface area contributed by atoms with Crippen molar-refractivity contribution in [1.82, 2.24) is 9.62 Å². The molecule has 2 atom stereocenters. The number of nitrogens with zero attached hydrogens (tertiary/aromatic N) is 1. The van der Waals surface area contributed by atoms with Crippen LogP contribution in [0, 0.1) is 12.8 Å². The van der Waals surface area contributed by atoms with Crippen LogP contribution in [0.3, 0.4) is 0 Å². The molecule has 1 N–H and O–H groups in total. The molecular weight excluding hydrogens is 455 g/mol. The zero-order valence-electron chi connectivity index (χ0n) is 17.8. The van der Waals surface area contributed by atoms with Gasteiger partial charge in [0, 0.05) is 13.1 Å². The Morgan fingerprint density at radius 2 is 1.87 bits per heavy atom. The second-order valence-electron chi connectivity index (χ2n) is 8.08. The standard InChI is InChI=1S/C23H28Cl2N2O3S/c1-3-22(18-9-6-16(2)7-10-18)26-23(28)19-5-4-12-27(14-19)31(29,30)15-17-8-11-20(24)21(25)13-17/h6-11,13,19,22H,3-5,12,14-15H2,1-2H3,(H,26,28)/t19-,22-/m0/s1. The normalized spacial score (nSPS) is 18.5. The van der Waals surface area contributed by atoms with Gasteiger partial charge in [0.15, 0.2) is 0 Å². The first-order chi connectivity index (χ1) is 14.7. The van der Waals surface area contributed by atoms with Crippen LogP contribution >= 0.6 is 23.2 Å². The molecule has 0 radical (unpaired) electrons. The maximum Gasteiger partial charge on any atom is 0.224 e. The lowest BCUT2D eigenvalue weighted by Gasteiger charge is -2.32. The van der Waals surface area contributed by atoms with E-state index in [1.165, 1.54) is 9.87 Å². The molecule has 0 aliphatic carbocycles. The number of piperidine rings is 1. The Hall–Kier alpha value is -1.60. The molecule has 1 fully saturated rings. The van der Waals surface area contributed by atoms with Gasteiger partial charge in [0.1, 0.15) is 0 Å². The predicted octanol–water partition coefficient (Wildman–Crippen LogP) is 5.11. The van der Waals surface area contributed by atoms with E-state index in [1.807, 2.05) is 38.1 Å². The molecule has 168 valence electrons. The Morgan fingerprint density at radius 3 is 2.52 bits per heavy atom. The lowest BCUT2D eigenvalue weighted by atomic mass is 9.97. The summed E-state index contributed by atoms with van der Waals surface area (Å²) in [7, 11) is -3.57. The number of rotatable bonds is 7. The van der Waals surface area contributed by atoms with Gasteiger partial charge in [0.25, 0.3) is 0 Å². The van der Waals surface area contributed by atoms with Gasteiger partial charge in [0.05, 0.1) is 27.8 Å². The van der Waals surface area contributed by atoms with Crippen LogP contribution in [-0.2, 0) is 20.6 Å². The molecule has 2 aromatic carbocycles. The summed E-state index contributed by atoms with van der Waals surface area (Å²) in [5, 5.41) is 3.83. The number of halogens is 2. The van der Waals surface area contributed by atoms with Gasteiger partial charge in [-0.05, 0) is 49.4 Å². The number of nitrogens with one attached hydrogen (secondary N) is 1. The van der Waals surface area contributed by atoms with Crippen molar-refractivity contribution in [2.75, 3.05) is 13.1 Å². The molecule has 2 aromatic rings. The molecule has 3 rings (SSSR count). The average molecular weight is 483 g/mol. The Balaban J connectivity index is 1.66. The molecule has 1 saturated heterocycles. The maximum atomic E-state index is 13.0. The largest absolute Gasteiger partial charge is 0.349 e. The lowest BCUT2D eigenvalue weighted by Crippen LogP contribution is -2.46. The second-order valence-corrected chi connectivity index (χ2v) is 10.9. The first kappa shape index (κ1) is 24.1. The van der Waals surface area contributed by atoms with E-state index >= 15 is 0 Å². The minimum Gasteiger partial charge on any atom is -0.349 e. The number of aryl methyl sites for hydroxylation is 1. The highest BCUT2D eigenvalue weighted by molar-refractivity contribution is 7.88. The number of benzene rings is 2. The summed E-state index contributed by atoms with van der Waals surface area (Å²) in [6.45, 7) is 4.67. The molecule has 0 aromatic heterocycles. The number of hydrogen-bond donors (Lipinski definition) is 1. The summed E-state index contributed by atoms with van der Waals surface area (Å²) in [5.74, 6) is -0.627. The topological polar surface area (TPSA) is 66.5 Å². The maximum absolute atomic E-state index is 13.0. The van der Waals surface area contributed by atoms with Crippen LogP contribution in [0.15, 0.2) is 42.5 Å². The van der Waals surface area contributed by atoms with Crippen LogP contribution in [-0.4, -0.2) is 31.7 Å². The van der Waals surface area contributed by atoms with Crippen molar-refractivity contribution >= 4 is 39.1 Å².